The average molecular weight is 527 g/mol. The van der Waals surface area contributed by atoms with Crippen LogP contribution in [0.1, 0.15) is 39.7 Å². The molecule has 1 aromatic heterocycles. The zero-order chi connectivity index (χ0) is 26.5. The summed E-state index contributed by atoms with van der Waals surface area (Å²) >= 11 is 0. The first-order valence-electron chi connectivity index (χ1n) is 11.5. The largest absolute Gasteiger partial charge is 0.494 e. The SMILES string of the molecule is CC1(C)OB(c2ccc(S(=O)(=O)N3CCC(Nc4ccc(C(F)(F)F)cn4)C(O)C3)cc2)OC1(C)C. The number of hydrogen-bond acceptors (Lipinski definition) is 7. The van der Waals surface area contributed by atoms with Crippen molar-refractivity contribution in [1.82, 2.24) is 9.29 Å². The predicted octanol–water partition coefficient (Wildman–Crippen LogP) is 2.64. The number of anilines is 1. The summed E-state index contributed by atoms with van der Waals surface area (Å²) in [5, 5.41) is 13.5. The molecule has 3 heterocycles. The van der Waals surface area contributed by atoms with Gasteiger partial charge >= 0.3 is 13.3 Å². The van der Waals surface area contributed by atoms with E-state index in [1.165, 1.54) is 22.5 Å². The molecule has 4 rings (SSSR count). The van der Waals surface area contributed by atoms with Crippen molar-refractivity contribution in [2.75, 3.05) is 18.4 Å². The highest BCUT2D eigenvalue weighted by Crippen LogP contribution is 2.36. The highest BCUT2D eigenvalue weighted by molar-refractivity contribution is 7.89. The Morgan fingerprint density at radius 1 is 1.08 bits per heavy atom. The first-order valence-corrected chi connectivity index (χ1v) is 13.0. The zero-order valence-corrected chi connectivity index (χ0v) is 21.2. The Hall–Kier alpha value is -2.19. The molecule has 2 aliphatic rings. The van der Waals surface area contributed by atoms with E-state index in [2.05, 4.69) is 10.3 Å². The molecule has 2 atom stereocenters. The smallest absolute Gasteiger partial charge is 0.399 e. The molecule has 2 unspecified atom stereocenters. The fourth-order valence-corrected chi connectivity index (χ4v) is 5.52. The van der Waals surface area contributed by atoms with Crippen molar-refractivity contribution in [3.63, 3.8) is 0 Å². The molecule has 0 radical (unpaired) electrons. The molecule has 196 valence electrons. The lowest BCUT2D eigenvalue weighted by Gasteiger charge is -2.35. The van der Waals surface area contributed by atoms with Crippen LogP contribution in [0.2, 0.25) is 0 Å². The number of hydrogen-bond donors (Lipinski definition) is 2. The fraction of sp³-hybridized carbons (Fsp3) is 0.522. The van der Waals surface area contributed by atoms with Gasteiger partial charge in [0.05, 0.1) is 33.8 Å². The maximum absolute atomic E-state index is 13.2. The average Bonchev–Trinajstić information content (AvgIpc) is 3.02. The summed E-state index contributed by atoms with van der Waals surface area (Å²) in [5.41, 5.74) is -1.22. The third kappa shape index (κ3) is 5.26. The van der Waals surface area contributed by atoms with Gasteiger partial charge in [0, 0.05) is 19.3 Å². The van der Waals surface area contributed by atoms with Crippen LogP contribution in [0.3, 0.4) is 0 Å². The second-order valence-electron chi connectivity index (χ2n) is 10.1. The van der Waals surface area contributed by atoms with Gasteiger partial charge in [-0.3, -0.25) is 0 Å². The number of piperidine rings is 1. The summed E-state index contributed by atoms with van der Waals surface area (Å²) in [5.74, 6) is 0.168. The Balaban J connectivity index is 1.39. The molecule has 0 aliphatic carbocycles. The van der Waals surface area contributed by atoms with E-state index in [9.17, 15) is 26.7 Å². The van der Waals surface area contributed by atoms with Crippen molar-refractivity contribution in [1.29, 1.82) is 0 Å². The van der Waals surface area contributed by atoms with E-state index in [-0.39, 0.29) is 30.2 Å². The molecule has 2 saturated heterocycles. The van der Waals surface area contributed by atoms with Gasteiger partial charge in [-0.05, 0) is 63.8 Å². The lowest BCUT2D eigenvalue weighted by Crippen LogP contribution is -2.51. The van der Waals surface area contributed by atoms with Gasteiger partial charge < -0.3 is 19.7 Å². The van der Waals surface area contributed by atoms with Crippen LogP contribution in [-0.2, 0) is 25.5 Å². The van der Waals surface area contributed by atoms with Crippen molar-refractivity contribution < 1.29 is 36.0 Å². The quantitative estimate of drug-likeness (QED) is 0.577. The molecular weight excluding hydrogens is 498 g/mol. The molecule has 2 fully saturated rings. The number of aliphatic hydroxyl groups excluding tert-OH is 1. The number of nitrogens with one attached hydrogen (secondary N) is 1. The van der Waals surface area contributed by atoms with Gasteiger partial charge in [-0.1, -0.05) is 12.1 Å². The van der Waals surface area contributed by atoms with Gasteiger partial charge in [0.25, 0.3) is 0 Å². The Morgan fingerprint density at radius 2 is 1.69 bits per heavy atom. The summed E-state index contributed by atoms with van der Waals surface area (Å²) in [4.78, 5) is 3.83. The van der Waals surface area contributed by atoms with Crippen LogP contribution < -0.4 is 10.8 Å². The maximum Gasteiger partial charge on any atom is 0.494 e. The molecular formula is C23H29BF3N3O5S. The Labute approximate surface area is 209 Å². The number of pyridine rings is 1. The number of aliphatic hydroxyl groups is 1. The van der Waals surface area contributed by atoms with Crippen molar-refractivity contribution >= 4 is 28.4 Å². The topological polar surface area (TPSA) is 101 Å². The standard InChI is InChI=1S/C23H29BF3N3O5S/c1-21(2)22(3,4)35-24(34-21)16-6-8-17(9-7-16)36(32,33)30-12-11-18(19(31)14-30)29-20-10-5-15(13-28-20)23(25,26)27/h5-10,13,18-19,31H,11-12,14H2,1-4H3,(H,28,29). The zero-order valence-electron chi connectivity index (χ0n) is 20.4. The third-order valence-corrected chi connectivity index (χ3v) is 8.89. The summed E-state index contributed by atoms with van der Waals surface area (Å²) < 4.78 is 77.7. The first-order chi connectivity index (χ1) is 16.6. The summed E-state index contributed by atoms with van der Waals surface area (Å²) in [6.45, 7) is 7.69. The molecule has 1 aromatic carbocycles. The van der Waals surface area contributed by atoms with E-state index in [1.54, 1.807) is 12.1 Å². The molecule has 2 N–H and O–H groups in total. The number of alkyl halides is 3. The van der Waals surface area contributed by atoms with Gasteiger partial charge in [0.1, 0.15) is 5.82 Å². The minimum absolute atomic E-state index is 0.0748. The molecule has 0 spiro atoms. The van der Waals surface area contributed by atoms with E-state index in [0.29, 0.717) is 11.7 Å². The molecule has 0 saturated carbocycles. The molecule has 13 heteroatoms. The normalized spacial score (nSPS) is 24.6. The second-order valence-corrected chi connectivity index (χ2v) is 12.0. The summed E-state index contributed by atoms with van der Waals surface area (Å²) in [6, 6.07) is 7.78. The Morgan fingerprint density at radius 3 is 2.19 bits per heavy atom. The summed E-state index contributed by atoms with van der Waals surface area (Å²) in [6.07, 6.45) is -4.62. The molecule has 0 amide bonds. The number of sulfonamides is 1. The number of nitrogens with zero attached hydrogens (tertiary/aromatic N) is 2. The van der Waals surface area contributed by atoms with Crippen molar-refractivity contribution in [2.45, 2.75) is 68.5 Å². The van der Waals surface area contributed by atoms with Crippen LogP contribution in [-0.4, -0.2) is 66.4 Å². The van der Waals surface area contributed by atoms with Crippen molar-refractivity contribution in [2.24, 2.45) is 0 Å². The Kier molecular flexibility index (Phi) is 6.93. The highest BCUT2D eigenvalue weighted by atomic mass is 32.2. The van der Waals surface area contributed by atoms with E-state index >= 15 is 0 Å². The fourth-order valence-electron chi connectivity index (χ4n) is 4.05. The highest BCUT2D eigenvalue weighted by Gasteiger charge is 2.51. The van der Waals surface area contributed by atoms with Crippen LogP contribution in [0, 0.1) is 0 Å². The van der Waals surface area contributed by atoms with E-state index in [0.717, 1.165) is 6.07 Å². The van der Waals surface area contributed by atoms with Gasteiger partial charge in [-0.15, -0.1) is 0 Å². The second kappa shape index (κ2) is 9.28. The van der Waals surface area contributed by atoms with Crippen molar-refractivity contribution in [3.05, 3.63) is 48.2 Å². The molecule has 36 heavy (non-hydrogen) atoms. The third-order valence-electron chi connectivity index (χ3n) is 7.01. The van der Waals surface area contributed by atoms with Crippen LogP contribution in [0.4, 0.5) is 19.0 Å². The van der Waals surface area contributed by atoms with Gasteiger partial charge in [0.2, 0.25) is 10.0 Å². The number of halogens is 3. The van der Waals surface area contributed by atoms with Crippen molar-refractivity contribution in [3.8, 4) is 0 Å². The lowest BCUT2D eigenvalue weighted by atomic mass is 9.79. The molecule has 8 nitrogen and oxygen atoms in total. The minimum atomic E-state index is -4.49. The van der Waals surface area contributed by atoms with Crippen LogP contribution in [0.25, 0.3) is 0 Å². The maximum atomic E-state index is 13.2. The number of β-amino-alcohol motifs (C(OH)–C–C–N with tert-alkyl or cyclic N) is 1. The molecule has 2 aromatic rings. The molecule has 0 bridgehead atoms. The predicted molar refractivity (Wildman–Crippen MR) is 128 cm³/mol. The first kappa shape index (κ1) is 26.9. The van der Waals surface area contributed by atoms with Crippen LogP contribution in [0.5, 0.6) is 0 Å². The monoisotopic (exact) mass is 527 g/mol. The van der Waals surface area contributed by atoms with Crippen LogP contribution >= 0.6 is 0 Å². The van der Waals surface area contributed by atoms with E-state index < -0.39 is 52.2 Å². The van der Waals surface area contributed by atoms with Gasteiger partial charge in [-0.25, -0.2) is 13.4 Å². The minimum Gasteiger partial charge on any atom is -0.399 e. The van der Waals surface area contributed by atoms with E-state index in [4.69, 9.17) is 9.31 Å². The number of benzene rings is 1. The van der Waals surface area contributed by atoms with E-state index in [1.807, 2.05) is 27.7 Å². The van der Waals surface area contributed by atoms with Gasteiger partial charge in [-0.2, -0.15) is 17.5 Å². The summed E-state index contributed by atoms with van der Waals surface area (Å²) in [7, 11) is -4.49. The van der Waals surface area contributed by atoms with Crippen LogP contribution in [0.15, 0.2) is 47.5 Å². The Bertz CT molecular complexity index is 1170. The molecule has 2 aliphatic heterocycles. The lowest BCUT2D eigenvalue weighted by molar-refractivity contribution is -0.137. The number of aromatic nitrogens is 1. The number of rotatable bonds is 5. The van der Waals surface area contributed by atoms with Gasteiger partial charge in [0.15, 0.2) is 0 Å².